The first kappa shape index (κ1) is 24.3. The van der Waals surface area contributed by atoms with E-state index in [9.17, 15) is 9.59 Å². The second-order valence-electron chi connectivity index (χ2n) is 6.65. The van der Waals surface area contributed by atoms with E-state index in [0.717, 1.165) is 12.8 Å². The van der Waals surface area contributed by atoms with Gasteiger partial charge in [-0.05, 0) is 42.8 Å². The van der Waals surface area contributed by atoms with Crippen LogP contribution < -0.4 is 15.4 Å². The number of hydrogen-bond acceptors (Lipinski definition) is 6. The van der Waals surface area contributed by atoms with Gasteiger partial charge in [0.2, 0.25) is 5.91 Å². The van der Waals surface area contributed by atoms with Gasteiger partial charge in [0.05, 0.1) is 25.3 Å². The fraction of sp³-hybridized carbons (Fsp3) is 0.348. The molecular formula is C23H28N2O5S. The minimum atomic E-state index is -0.458. The third-order valence-corrected chi connectivity index (χ3v) is 4.41. The standard InChI is InChI=1S/C23H28N2O5S/c1-28-16-17-30-22(27)14-13-21(26)25-23(31)24-19-11-5-6-12-20(19)29-15-7-10-18-8-3-2-4-9-18/h2-6,8-9,11-12H,7,10,13-17H2,1H3,(H2,24,25,26,31). The fourth-order valence-electron chi connectivity index (χ4n) is 2.67. The number of rotatable bonds is 12. The van der Waals surface area contributed by atoms with Crippen LogP contribution in [0.1, 0.15) is 24.8 Å². The van der Waals surface area contributed by atoms with Crippen molar-refractivity contribution in [3.05, 3.63) is 60.2 Å². The van der Waals surface area contributed by atoms with Gasteiger partial charge in [-0.2, -0.15) is 0 Å². The Hall–Kier alpha value is -2.97. The molecule has 0 saturated carbocycles. The molecule has 2 N–H and O–H groups in total. The van der Waals surface area contributed by atoms with Gasteiger partial charge in [-0.15, -0.1) is 0 Å². The molecule has 166 valence electrons. The number of amides is 1. The van der Waals surface area contributed by atoms with Gasteiger partial charge in [0.15, 0.2) is 5.11 Å². The quantitative estimate of drug-likeness (QED) is 0.294. The summed E-state index contributed by atoms with van der Waals surface area (Å²) < 4.78 is 15.6. The molecule has 0 bridgehead atoms. The second-order valence-corrected chi connectivity index (χ2v) is 7.06. The van der Waals surface area contributed by atoms with Crippen molar-refractivity contribution in [2.24, 2.45) is 0 Å². The smallest absolute Gasteiger partial charge is 0.306 e. The molecule has 0 heterocycles. The Kier molecular flexibility index (Phi) is 11.1. The number of anilines is 1. The molecule has 0 aliphatic rings. The molecule has 0 spiro atoms. The van der Waals surface area contributed by atoms with Crippen LogP contribution in [-0.4, -0.2) is 43.9 Å². The number of esters is 1. The van der Waals surface area contributed by atoms with Crippen molar-refractivity contribution in [1.82, 2.24) is 5.32 Å². The van der Waals surface area contributed by atoms with E-state index in [4.69, 9.17) is 26.4 Å². The van der Waals surface area contributed by atoms with Crippen molar-refractivity contribution in [3.63, 3.8) is 0 Å². The highest BCUT2D eigenvalue weighted by Crippen LogP contribution is 2.24. The third-order valence-electron chi connectivity index (χ3n) is 4.21. The molecule has 2 rings (SSSR count). The number of ether oxygens (including phenoxy) is 3. The van der Waals surface area contributed by atoms with E-state index in [2.05, 4.69) is 22.8 Å². The number of hydrogen-bond donors (Lipinski definition) is 2. The molecule has 7 nitrogen and oxygen atoms in total. The number of thiocarbonyl (C=S) groups is 1. The molecular weight excluding hydrogens is 416 g/mol. The Balaban J connectivity index is 1.73. The maximum absolute atomic E-state index is 12.0. The summed E-state index contributed by atoms with van der Waals surface area (Å²) in [5.74, 6) is -0.184. The van der Waals surface area contributed by atoms with Gasteiger partial charge in [0.1, 0.15) is 12.4 Å². The lowest BCUT2D eigenvalue weighted by Gasteiger charge is -2.14. The lowest BCUT2D eigenvalue weighted by molar-refractivity contribution is -0.146. The maximum Gasteiger partial charge on any atom is 0.306 e. The van der Waals surface area contributed by atoms with Crippen LogP contribution in [0.2, 0.25) is 0 Å². The van der Waals surface area contributed by atoms with Crippen molar-refractivity contribution < 1.29 is 23.8 Å². The molecule has 2 aromatic rings. The van der Waals surface area contributed by atoms with Crippen LogP contribution in [-0.2, 0) is 25.5 Å². The third kappa shape index (κ3) is 10.1. The Morgan fingerprint density at radius 1 is 0.935 bits per heavy atom. The molecule has 0 atom stereocenters. The van der Waals surface area contributed by atoms with E-state index in [1.54, 1.807) is 0 Å². The average molecular weight is 445 g/mol. The Morgan fingerprint density at radius 3 is 2.45 bits per heavy atom. The van der Waals surface area contributed by atoms with Crippen molar-refractivity contribution in [2.75, 3.05) is 32.2 Å². The molecule has 0 aliphatic carbocycles. The first-order valence-corrected chi connectivity index (χ1v) is 10.5. The molecule has 8 heteroatoms. The summed E-state index contributed by atoms with van der Waals surface area (Å²) in [6.07, 6.45) is 1.75. The lowest BCUT2D eigenvalue weighted by Crippen LogP contribution is -2.34. The van der Waals surface area contributed by atoms with Crippen LogP contribution in [0.5, 0.6) is 5.75 Å². The second kappa shape index (κ2) is 14.1. The van der Waals surface area contributed by atoms with Gasteiger partial charge >= 0.3 is 5.97 Å². The lowest BCUT2D eigenvalue weighted by atomic mass is 10.1. The van der Waals surface area contributed by atoms with Crippen LogP contribution in [0.25, 0.3) is 0 Å². The van der Waals surface area contributed by atoms with Crippen molar-refractivity contribution in [2.45, 2.75) is 25.7 Å². The molecule has 31 heavy (non-hydrogen) atoms. The fourth-order valence-corrected chi connectivity index (χ4v) is 2.89. The number of methoxy groups -OCH3 is 1. The van der Waals surface area contributed by atoms with Crippen molar-refractivity contribution >= 4 is 34.9 Å². The van der Waals surface area contributed by atoms with Gasteiger partial charge in [0, 0.05) is 13.5 Å². The maximum atomic E-state index is 12.0. The summed E-state index contributed by atoms with van der Waals surface area (Å²) >= 11 is 5.21. The number of para-hydroxylation sites is 2. The van der Waals surface area contributed by atoms with E-state index in [1.807, 2.05) is 42.5 Å². The average Bonchev–Trinajstić information content (AvgIpc) is 2.77. The van der Waals surface area contributed by atoms with E-state index in [1.165, 1.54) is 12.7 Å². The molecule has 0 radical (unpaired) electrons. The predicted octanol–water partition coefficient (Wildman–Crippen LogP) is 3.48. The zero-order chi connectivity index (χ0) is 22.3. The van der Waals surface area contributed by atoms with E-state index < -0.39 is 5.97 Å². The highest BCUT2D eigenvalue weighted by molar-refractivity contribution is 7.80. The molecule has 1 amide bonds. The van der Waals surface area contributed by atoms with Gasteiger partial charge < -0.3 is 24.8 Å². The molecule has 0 fully saturated rings. The monoisotopic (exact) mass is 444 g/mol. The van der Waals surface area contributed by atoms with Gasteiger partial charge in [-0.3, -0.25) is 9.59 Å². The topological polar surface area (TPSA) is 85.9 Å². The van der Waals surface area contributed by atoms with E-state index in [0.29, 0.717) is 24.7 Å². The van der Waals surface area contributed by atoms with Gasteiger partial charge in [0.25, 0.3) is 0 Å². The Labute approximate surface area is 188 Å². The number of aryl methyl sites for hydroxylation is 1. The summed E-state index contributed by atoms with van der Waals surface area (Å²) in [5, 5.41) is 5.67. The highest BCUT2D eigenvalue weighted by Gasteiger charge is 2.11. The zero-order valence-electron chi connectivity index (χ0n) is 17.6. The summed E-state index contributed by atoms with van der Waals surface area (Å²) in [6, 6.07) is 17.6. The van der Waals surface area contributed by atoms with Crippen molar-refractivity contribution in [3.8, 4) is 5.75 Å². The Morgan fingerprint density at radius 2 is 1.68 bits per heavy atom. The molecule has 0 unspecified atom stereocenters. The molecule has 0 aromatic heterocycles. The highest BCUT2D eigenvalue weighted by atomic mass is 32.1. The number of benzene rings is 2. The number of carbonyl (C=O) groups is 2. The minimum Gasteiger partial charge on any atom is -0.491 e. The molecule has 0 saturated heterocycles. The number of nitrogens with one attached hydrogen (secondary N) is 2. The van der Waals surface area contributed by atoms with Crippen LogP contribution in [0.4, 0.5) is 5.69 Å². The van der Waals surface area contributed by atoms with Gasteiger partial charge in [-0.25, -0.2) is 0 Å². The predicted molar refractivity (Wildman–Crippen MR) is 123 cm³/mol. The molecule has 2 aromatic carbocycles. The van der Waals surface area contributed by atoms with Crippen molar-refractivity contribution in [1.29, 1.82) is 0 Å². The minimum absolute atomic E-state index is 0.0226. The largest absolute Gasteiger partial charge is 0.491 e. The van der Waals surface area contributed by atoms with Crippen LogP contribution in [0, 0.1) is 0 Å². The first-order valence-electron chi connectivity index (χ1n) is 10.1. The van der Waals surface area contributed by atoms with E-state index >= 15 is 0 Å². The summed E-state index contributed by atoms with van der Waals surface area (Å²) in [6.45, 7) is 1.04. The summed E-state index contributed by atoms with van der Waals surface area (Å²) in [5.41, 5.74) is 1.93. The normalized spacial score (nSPS) is 10.2. The van der Waals surface area contributed by atoms with Gasteiger partial charge in [-0.1, -0.05) is 42.5 Å². The molecule has 0 aliphatic heterocycles. The number of carbonyl (C=O) groups excluding carboxylic acids is 2. The van der Waals surface area contributed by atoms with Crippen LogP contribution >= 0.6 is 12.2 Å². The van der Waals surface area contributed by atoms with Crippen LogP contribution in [0.15, 0.2) is 54.6 Å². The zero-order valence-corrected chi connectivity index (χ0v) is 18.4. The summed E-state index contributed by atoms with van der Waals surface area (Å²) in [7, 11) is 1.52. The first-order chi connectivity index (χ1) is 15.1. The SMILES string of the molecule is COCCOC(=O)CCC(=O)NC(=S)Nc1ccccc1OCCCc1ccccc1. The Bertz CT molecular complexity index is 845. The van der Waals surface area contributed by atoms with Crippen LogP contribution in [0.3, 0.4) is 0 Å². The summed E-state index contributed by atoms with van der Waals surface area (Å²) in [4.78, 5) is 23.5. The van der Waals surface area contributed by atoms with E-state index in [-0.39, 0.29) is 30.5 Å².